The maximum Gasteiger partial charge on any atom is 0.270 e. The molecule has 0 saturated carbocycles. The third-order valence-electron chi connectivity index (χ3n) is 3.31. The minimum absolute atomic E-state index is 0. The van der Waals surface area contributed by atoms with Crippen molar-refractivity contribution in [2.24, 2.45) is 0 Å². The van der Waals surface area contributed by atoms with Crippen LogP contribution in [0.1, 0.15) is 38.0 Å². The van der Waals surface area contributed by atoms with Crippen LogP contribution in [0.25, 0.3) is 0 Å². The van der Waals surface area contributed by atoms with Gasteiger partial charge in [0.15, 0.2) is 0 Å². The molecule has 2 rings (SSSR count). The van der Waals surface area contributed by atoms with E-state index in [0.717, 1.165) is 16.8 Å². The molecule has 1 amide bonds. The number of aryl methyl sites for hydroxylation is 1. The van der Waals surface area contributed by atoms with Gasteiger partial charge in [-0.1, -0.05) is 57.1 Å². The molecule has 0 aliphatic rings. The van der Waals surface area contributed by atoms with Gasteiger partial charge in [0.2, 0.25) is 0 Å². The summed E-state index contributed by atoms with van der Waals surface area (Å²) >= 11 is 5.82. The Morgan fingerprint density at radius 3 is 2.28 bits per heavy atom. The number of benzene rings is 2. The fourth-order valence-electron chi connectivity index (χ4n) is 2.08. The highest BCUT2D eigenvalue weighted by Gasteiger charge is 2.15. The number of nitrogens with one attached hydrogen (secondary N) is 3. The molecule has 4 nitrogen and oxygen atoms in total. The van der Waals surface area contributed by atoms with E-state index in [4.69, 9.17) is 17.0 Å². The summed E-state index contributed by atoms with van der Waals surface area (Å²) in [5.41, 5.74) is 3.30. The molecular formula is C20H28ClN3O. The highest BCUT2D eigenvalue weighted by atomic mass is 35.5. The van der Waals surface area contributed by atoms with Gasteiger partial charge in [-0.3, -0.25) is 10.2 Å². The monoisotopic (exact) mass is 361 g/mol. The molecule has 0 atom stereocenters. The summed E-state index contributed by atoms with van der Waals surface area (Å²) in [5, 5.41) is 14.5. The Balaban J connectivity index is 0.00000185. The minimum Gasteiger partial charge on any atom is -0.388 e. The van der Waals surface area contributed by atoms with Crippen molar-refractivity contribution in [3.05, 3.63) is 64.2 Å². The Morgan fingerprint density at radius 1 is 1.12 bits per heavy atom. The van der Waals surface area contributed by atoms with Crippen LogP contribution in [-0.2, 0) is 11.3 Å². The minimum atomic E-state index is -0.407. The zero-order chi connectivity index (χ0) is 18.1. The molecule has 0 heterocycles. The summed E-state index contributed by atoms with van der Waals surface area (Å²) < 4.78 is 0. The van der Waals surface area contributed by atoms with E-state index in [0.29, 0.717) is 17.1 Å². The smallest absolute Gasteiger partial charge is 0.270 e. The van der Waals surface area contributed by atoms with E-state index in [9.17, 15) is 4.79 Å². The van der Waals surface area contributed by atoms with Gasteiger partial charge in [0, 0.05) is 29.9 Å². The second-order valence-electron chi connectivity index (χ2n) is 4.98. The summed E-state index contributed by atoms with van der Waals surface area (Å²) in [7, 11) is 1.77. The normalized spacial score (nSPS) is 9.16. The van der Waals surface area contributed by atoms with Gasteiger partial charge in [-0.05, 0) is 36.2 Å². The van der Waals surface area contributed by atoms with E-state index in [1.54, 1.807) is 25.2 Å². The first-order chi connectivity index (χ1) is 11.5. The number of hydrogen-bond donors (Lipinski definition) is 3. The van der Waals surface area contributed by atoms with Crippen molar-refractivity contribution >= 4 is 28.9 Å². The molecule has 0 spiro atoms. The molecule has 136 valence electrons. The van der Waals surface area contributed by atoms with E-state index >= 15 is 0 Å². The number of carbonyl (C=O) groups excluding carboxylic acids is 1. The van der Waals surface area contributed by atoms with Crippen LogP contribution in [0.3, 0.4) is 0 Å². The number of carbonyl (C=O) groups is 1. The lowest BCUT2D eigenvalue weighted by atomic mass is 10.0. The van der Waals surface area contributed by atoms with Crippen LogP contribution in [0.2, 0.25) is 5.02 Å². The predicted molar refractivity (Wildman–Crippen MR) is 109 cm³/mol. The van der Waals surface area contributed by atoms with Crippen molar-refractivity contribution < 1.29 is 4.79 Å². The molecule has 0 fully saturated rings. The first-order valence-corrected chi connectivity index (χ1v) is 8.29. The fourth-order valence-corrected chi connectivity index (χ4v) is 2.20. The lowest BCUT2D eigenvalue weighted by Gasteiger charge is -2.11. The van der Waals surface area contributed by atoms with Gasteiger partial charge in [0.25, 0.3) is 5.91 Å². The van der Waals surface area contributed by atoms with Crippen LogP contribution in [0.15, 0.2) is 42.5 Å². The quantitative estimate of drug-likeness (QED) is 0.653. The zero-order valence-corrected chi connectivity index (χ0v) is 15.3. The summed E-state index contributed by atoms with van der Waals surface area (Å²) in [6.45, 7) is 6.33. The molecule has 25 heavy (non-hydrogen) atoms. The van der Waals surface area contributed by atoms with Crippen LogP contribution in [0, 0.1) is 12.3 Å². The van der Waals surface area contributed by atoms with Crippen molar-refractivity contribution in [1.29, 1.82) is 5.41 Å². The number of hydrogen-bond acceptors (Lipinski definition) is 3. The van der Waals surface area contributed by atoms with Gasteiger partial charge in [0.1, 0.15) is 5.71 Å². The summed E-state index contributed by atoms with van der Waals surface area (Å²) in [6, 6.07) is 12.8. The SMILES string of the molecule is C.CC.CNc1cc(C)ccc1C(=N)C(=O)NCc1ccc(Cl)cc1. The molecule has 0 aromatic heterocycles. The Labute approximate surface area is 156 Å². The van der Waals surface area contributed by atoms with Crippen molar-refractivity contribution in [3.8, 4) is 0 Å². The Bertz CT molecular complexity index is 697. The average molecular weight is 362 g/mol. The highest BCUT2D eigenvalue weighted by molar-refractivity contribution is 6.45. The topological polar surface area (TPSA) is 65.0 Å². The fraction of sp³-hybridized carbons (Fsp3) is 0.300. The van der Waals surface area contributed by atoms with Crippen molar-refractivity contribution in [2.45, 2.75) is 34.7 Å². The van der Waals surface area contributed by atoms with Crippen LogP contribution >= 0.6 is 11.6 Å². The van der Waals surface area contributed by atoms with E-state index in [2.05, 4.69) is 10.6 Å². The summed E-state index contributed by atoms with van der Waals surface area (Å²) in [4.78, 5) is 12.1. The maximum atomic E-state index is 12.1. The molecule has 0 saturated heterocycles. The van der Waals surface area contributed by atoms with Crippen LogP contribution in [0.4, 0.5) is 5.69 Å². The second-order valence-corrected chi connectivity index (χ2v) is 5.42. The summed E-state index contributed by atoms with van der Waals surface area (Å²) in [5.74, 6) is -0.407. The molecular weight excluding hydrogens is 334 g/mol. The van der Waals surface area contributed by atoms with Crippen LogP contribution < -0.4 is 10.6 Å². The molecule has 0 aliphatic carbocycles. The molecule has 0 unspecified atom stereocenters. The molecule has 0 bridgehead atoms. The van der Waals surface area contributed by atoms with Gasteiger partial charge in [-0.15, -0.1) is 0 Å². The van der Waals surface area contributed by atoms with E-state index < -0.39 is 5.91 Å². The third kappa shape index (κ3) is 6.59. The highest BCUT2D eigenvalue weighted by Crippen LogP contribution is 2.17. The third-order valence-corrected chi connectivity index (χ3v) is 3.56. The lowest BCUT2D eigenvalue weighted by molar-refractivity contribution is -0.114. The Hall–Kier alpha value is -2.33. The van der Waals surface area contributed by atoms with E-state index in [1.807, 2.05) is 45.0 Å². The number of amides is 1. The first kappa shape index (κ1) is 22.7. The lowest BCUT2D eigenvalue weighted by Crippen LogP contribution is -2.31. The molecule has 3 N–H and O–H groups in total. The average Bonchev–Trinajstić information content (AvgIpc) is 2.62. The van der Waals surface area contributed by atoms with Gasteiger partial charge >= 0.3 is 0 Å². The van der Waals surface area contributed by atoms with Crippen molar-refractivity contribution in [1.82, 2.24) is 5.32 Å². The summed E-state index contributed by atoms with van der Waals surface area (Å²) in [6.07, 6.45) is 0. The van der Waals surface area contributed by atoms with Crippen molar-refractivity contribution in [2.75, 3.05) is 12.4 Å². The zero-order valence-electron chi connectivity index (χ0n) is 14.5. The van der Waals surface area contributed by atoms with Gasteiger partial charge in [0.05, 0.1) is 0 Å². The van der Waals surface area contributed by atoms with Gasteiger partial charge < -0.3 is 10.6 Å². The molecule has 5 heteroatoms. The van der Waals surface area contributed by atoms with Crippen molar-refractivity contribution in [3.63, 3.8) is 0 Å². The second kappa shape index (κ2) is 11.3. The first-order valence-electron chi connectivity index (χ1n) is 7.91. The van der Waals surface area contributed by atoms with Gasteiger partial charge in [-0.25, -0.2) is 0 Å². The molecule has 0 radical (unpaired) electrons. The van der Waals surface area contributed by atoms with Crippen LogP contribution in [-0.4, -0.2) is 18.7 Å². The molecule has 0 aliphatic heterocycles. The van der Waals surface area contributed by atoms with Gasteiger partial charge in [-0.2, -0.15) is 0 Å². The number of rotatable bonds is 5. The molecule has 2 aromatic rings. The van der Waals surface area contributed by atoms with E-state index in [1.165, 1.54) is 0 Å². The number of halogens is 1. The standard InChI is InChI=1S/C17H18ClN3O.C2H6.CH4/c1-11-3-8-14(15(9-11)20-2)16(19)17(22)21-10-12-4-6-13(18)7-5-12;1-2;/h3-9,19-20H,10H2,1-2H3,(H,21,22);1-2H3;1H4. The largest absolute Gasteiger partial charge is 0.388 e. The van der Waals surface area contributed by atoms with E-state index in [-0.39, 0.29) is 13.1 Å². The molecule has 2 aromatic carbocycles. The Kier molecular flexibility index (Phi) is 10.2. The van der Waals surface area contributed by atoms with Crippen LogP contribution in [0.5, 0.6) is 0 Å². The number of anilines is 1. The predicted octanol–water partition coefficient (Wildman–Crippen LogP) is 5.04. The Morgan fingerprint density at radius 2 is 1.72 bits per heavy atom. The maximum absolute atomic E-state index is 12.1.